The maximum atomic E-state index is 13.8. The molecule has 3 aliphatic rings. The highest BCUT2D eigenvalue weighted by Gasteiger charge is 2.40. The van der Waals surface area contributed by atoms with E-state index in [2.05, 4.69) is 13.8 Å². The number of piperidine rings is 3. The van der Waals surface area contributed by atoms with E-state index in [1.54, 1.807) is 0 Å². The van der Waals surface area contributed by atoms with Crippen LogP contribution in [-0.4, -0.2) is 75.1 Å². The normalized spacial score (nSPS) is 19.1. The largest absolute Gasteiger partial charge is 0.475 e. The summed E-state index contributed by atoms with van der Waals surface area (Å²) >= 11 is 0. The average molecular weight is 840 g/mol. The quantitative estimate of drug-likeness (QED) is 0.0256. The molecule has 3 rings (SSSR count). The molecule has 2 unspecified atom stereocenters. The van der Waals surface area contributed by atoms with Gasteiger partial charge in [-0.25, -0.2) is 4.57 Å². The molecule has 0 amide bonds. The van der Waals surface area contributed by atoms with Crippen molar-refractivity contribution in [1.29, 1.82) is 5.26 Å². The van der Waals surface area contributed by atoms with Crippen LogP contribution < -0.4 is 0 Å². The molecule has 3 heterocycles. The fraction of sp³-hybridized carbons (Fsp3) is 0.936. The number of unbranched alkanes of at least 4 members (excludes halogenated alkanes) is 24. The number of carbonyl (C=O) groups excluding carboxylic acids is 2. The van der Waals surface area contributed by atoms with Gasteiger partial charge in [0.05, 0.1) is 45.3 Å². The van der Waals surface area contributed by atoms with E-state index in [0.29, 0.717) is 6.42 Å². The molecule has 3 saturated heterocycles. The van der Waals surface area contributed by atoms with Crippen molar-refractivity contribution >= 4 is 19.8 Å². The van der Waals surface area contributed by atoms with Gasteiger partial charge < -0.3 is 14.0 Å². The molecule has 10 nitrogen and oxygen atoms in total. The van der Waals surface area contributed by atoms with Gasteiger partial charge in [0.2, 0.25) is 0 Å². The second kappa shape index (κ2) is 35.1. The van der Waals surface area contributed by atoms with Gasteiger partial charge in [0.15, 0.2) is 6.10 Å². The Bertz CT molecular complexity index is 1100. The molecular weight excluding hydrogens is 751 g/mol. The maximum Gasteiger partial charge on any atom is 0.475 e. The molecule has 0 aromatic heterocycles. The fourth-order valence-corrected chi connectivity index (χ4v) is 9.69. The predicted molar refractivity (Wildman–Crippen MR) is 234 cm³/mol. The summed E-state index contributed by atoms with van der Waals surface area (Å²) in [4.78, 5) is 25.7. The van der Waals surface area contributed by atoms with Crippen LogP contribution in [0.2, 0.25) is 0 Å². The van der Waals surface area contributed by atoms with Gasteiger partial charge >= 0.3 is 19.8 Å². The van der Waals surface area contributed by atoms with Crippen LogP contribution in [0.5, 0.6) is 0 Å². The summed E-state index contributed by atoms with van der Waals surface area (Å²) in [6.07, 6.45) is 35.1. The van der Waals surface area contributed by atoms with E-state index >= 15 is 0 Å². The number of esters is 2. The lowest BCUT2D eigenvalue weighted by atomic mass is 9.86. The monoisotopic (exact) mass is 840 g/mol. The molecule has 3 aliphatic heterocycles. The highest BCUT2D eigenvalue weighted by Crippen LogP contribution is 2.50. The maximum absolute atomic E-state index is 13.8. The number of nitrogens with zero attached hydrogens (tertiary/aromatic N) is 2. The number of ether oxygens (including phenoxy) is 2. The van der Waals surface area contributed by atoms with Gasteiger partial charge in [-0.1, -0.05) is 168 Å². The van der Waals surface area contributed by atoms with Crippen LogP contribution in [0.3, 0.4) is 0 Å². The van der Waals surface area contributed by atoms with Gasteiger partial charge in [-0.05, 0) is 38.0 Å². The lowest BCUT2D eigenvalue weighted by molar-refractivity contribution is -0.942. The van der Waals surface area contributed by atoms with Crippen molar-refractivity contribution in [2.75, 3.05) is 52.6 Å². The van der Waals surface area contributed by atoms with Crippen LogP contribution in [-0.2, 0) is 37.2 Å². The standard InChI is InChI=1S/C47H88N2O8P/c1-3-5-7-9-11-13-15-17-19-21-23-25-27-30-46(50)53-42-45(57-47(51)31-28-26-24-22-20-18-16-14-12-10-8-6-4-2)43-56-58(52,54-40-29-35-48)55-41-39-49-36-32-44(33-37-49)34-38-49/h44-45H,3-34,36-43H2,1-2H3/q+1. The second-order valence-electron chi connectivity index (χ2n) is 17.6. The summed E-state index contributed by atoms with van der Waals surface area (Å²) in [7, 11) is -4.08. The van der Waals surface area contributed by atoms with E-state index in [1.165, 1.54) is 148 Å². The molecule has 3 fully saturated rings. The molecule has 2 atom stereocenters. The molecule has 0 spiro atoms. The molecule has 2 bridgehead atoms. The van der Waals surface area contributed by atoms with Gasteiger partial charge in [-0.15, -0.1) is 0 Å². The Hall–Kier alpha value is -1.50. The number of quaternary nitrogens is 1. The van der Waals surface area contributed by atoms with Crippen LogP contribution in [0, 0.1) is 17.2 Å². The minimum atomic E-state index is -4.08. The van der Waals surface area contributed by atoms with E-state index in [-0.39, 0.29) is 45.2 Å². The van der Waals surface area contributed by atoms with E-state index < -0.39 is 19.9 Å². The summed E-state index contributed by atoms with van der Waals surface area (Å²) in [5.74, 6) is 0.0940. The van der Waals surface area contributed by atoms with E-state index in [4.69, 9.17) is 28.3 Å². The summed E-state index contributed by atoms with van der Waals surface area (Å²) in [5, 5.41) is 9.07. The Balaban J connectivity index is 1.77. The second-order valence-corrected chi connectivity index (χ2v) is 19.2. The third-order valence-corrected chi connectivity index (χ3v) is 13.9. The van der Waals surface area contributed by atoms with Crippen molar-refractivity contribution in [3.05, 3.63) is 0 Å². The average Bonchev–Trinajstić information content (AvgIpc) is 3.23. The zero-order chi connectivity index (χ0) is 41.8. The Morgan fingerprint density at radius 1 is 0.586 bits per heavy atom. The molecule has 0 aliphatic carbocycles. The number of hydrogen-bond acceptors (Lipinski definition) is 9. The molecule has 0 radical (unpaired) electrons. The highest BCUT2D eigenvalue weighted by atomic mass is 31.2. The topological polar surface area (TPSA) is 121 Å². The first-order valence-corrected chi connectivity index (χ1v) is 25.9. The molecule has 0 saturated carbocycles. The predicted octanol–water partition coefficient (Wildman–Crippen LogP) is 13.1. The highest BCUT2D eigenvalue weighted by molar-refractivity contribution is 7.48. The summed E-state index contributed by atoms with van der Waals surface area (Å²) in [5.41, 5.74) is 0. The number of fused-ring (bicyclic) bond motifs is 3. The Morgan fingerprint density at radius 2 is 1.00 bits per heavy atom. The number of nitriles is 1. The van der Waals surface area contributed by atoms with Crippen LogP contribution in [0.4, 0.5) is 0 Å². The van der Waals surface area contributed by atoms with Crippen molar-refractivity contribution in [3.63, 3.8) is 0 Å². The molecule has 338 valence electrons. The number of hydrogen-bond donors (Lipinski definition) is 0. The van der Waals surface area contributed by atoms with Crippen LogP contribution >= 0.6 is 7.82 Å². The zero-order valence-corrected chi connectivity index (χ0v) is 38.4. The Kier molecular flexibility index (Phi) is 31.9. The number of phosphoric ester groups is 1. The minimum Gasteiger partial charge on any atom is -0.462 e. The van der Waals surface area contributed by atoms with Gasteiger partial charge in [0.1, 0.15) is 19.8 Å². The Labute approximate surface area is 355 Å². The van der Waals surface area contributed by atoms with E-state index in [0.717, 1.165) is 75.1 Å². The minimum absolute atomic E-state index is 0.0342. The van der Waals surface area contributed by atoms with Gasteiger partial charge in [-0.2, -0.15) is 5.26 Å². The summed E-state index contributed by atoms with van der Waals surface area (Å²) < 4.78 is 43.2. The molecule has 0 aromatic carbocycles. The number of rotatable bonds is 41. The van der Waals surface area contributed by atoms with E-state index in [1.807, 2.05) is 6.07 Å². The molecule has 11 heteroatoms. The fourth-order valence-electron chi connectivity index (χ4n) is 8.50. The first-order valence-electron chi connectivity index (χ1n) is 24.4. The zero-order valence-electron chi connectivity index (χ0n) is 37.5. The number of carbonyl (C=O) groups is 2. The first kappa shape index (κ1) is 52.6. The van der Waals surface area contributed by atoms with Gasteiger partial charge in [0, 0.05) is 12.8 Å². The molecule has 0 N–H and O–H groups in total. The summed E-state index contributed by atoms with van der Waals surface area (Å²) in [6, 6.07) is 2.00. The lowest BCUT2D eigenvalue weighted by Gasteiger charge is -2.49. The molecule has 58 heavy (non-hydrogen) atoms. The third kappa shape index (κ3) is 27.4. The third-order valence-electron chi connectivity index (χ3n) is 12.4. The molecular formula is C47H88N2O8P+. The lowest BCUT2D eigenvalue weighted by Crippen LogP contribution is -2.59. The van der Waals surface area contributed by atoms with Gasteiger partial charge in [-0.3, -0.25) is 23.2 Å². The first-order chi connectivity index (χ1) is 28.3. The van der Waals surface area contributed by atoms with Crippen LogP contribution in [0.15, 0.2) is 0 Å². The van der Waals surface area contributed by atoms with Gasteiger partial charge in [0.25, 0.3) is 0 Å². The molecule has 0 aromatic rings. The van der Waals surface area contributed by atoms with Crippen molar-refractivity contribution < 1.29 is 41.7 Å². The van der Waals surface area contributed by atoms with E-state index in [9.17, 15) is 14.2 Å². The van der Waals surface area contributed by atoms with Crippen LogP contribution in [0.1, 0.15) is 219 Å². The SMILES string of the molecule is CCCCCCCCCCCCCCCC(=O)OCC(COP(=O)(OCCC#N)OCC[N+]12CCC(CC1)CC2)OC(=O)CCCCCCCCCCCCCCC. The van der Waals surface area contributed by atoms with Crippen molar-refractivity contribution in [2.45, 2.75) is 225 Å². The summed E-state index contributed by atoms with van der Waals surface area (Å²) in [6.45, 7) is 8.15. The van der Waals surface area contributed by atoms with Crippen molar-refractivity contribution in [3.8, 4) is 6.07 Å². The number of phosphoric acid groups is 1. The van der Waals surface area contributed by atoms with Crippen LogP contribution in [0.25, 0.3) is 0 Å². The van der Waals surface area contributed by atoms with Crippen molar-refractivity contribution in [1.82, 2.24) is 0 Å². The van der Waals surface area contributed by atoms with Crippen molar-refractivity contribution in [2.24, 2.45) is 5.92 Å². The smallest absolute Gasteiger partial charge is 0.462 e. The Morgan fingerprint density at radius 3 is 1.45 bits per heavy atom.